The molecule has 0 saturated carbocycles. The number of carbonyl (C=O) groups excluding carboxylic acids is 2. The Morgan fingerprint density at radius 1 is 1.25 bits per heavy atom. The van der Waals surface area contributed by atoms with E-state index < -0.39 is 10.3 Å². The Kier molecular flexibility index (Phi) is 5.35. The second kappa shape index (κ2) is 8.01. The van der Waals surface area contributed by atoms with Crippen molar-refractivity contribution in [2.45, 2.75) is 19.3 Å². The molecule has 0 unspecified atom stereocenters. The molecule has 2 amide bonds. The molecule has 1 aliphatic heterocycles. The van der Waals surface area contributed by atoms with Crippen LogP contribution in [0.15, 0.2) is 53.9 Å². The minimum atomic E-state index is -0.607. The molecule has 32 heavy (non-hydrogen) atoms. The lowest BCUT2D eigenvalue weighted by molar-refractivity contribution is -0.384. The molecule has 0 radical (unpaired) electrons. The number of nitrogens with one attached hydrogen (secondary N) is 1. The van der Waals surface area contributed by atoms with Gasteiger partial charge in [0.15, 0.2) is 5.13 Å². The molecule has 2 heterocycles. The Hall–Kier alpha value is -3.85. The molecule has 2 aromatic carbocycles. The predicted molar refractivity (Wildman–Crippen MR) is 125 cm³/mol. The van der Waals surface area contributed by atoms with Crippen LogP contribution >= 0.6 is 11.3 Å². The Morgan fingerprint density at radius 2 is 2.03 bits per heavy atom. The van der Waals surface area contributed by atoms with E-state index in [1.807, 2.05) is 37.4 Å². The number of rotatable bonds is 5. The van der Waals surface area contributed by atoms with Gasteiger partial charge in [0.05, 0.1) is 16.0 Å². The monoisotopic (exact) mass is 448 g/mol. The first kappa shape index (κ1) is 21.4. The van der Waals surface area contributed by atoms with E-state index in [2.05, 4.69) is 10.3 Å². The van der Waals surface area contributed by atoms with Crippen molar-refractivity contribution in [1.29, 1.82) is 0 Å². The van der Waals surface area contributed by atoms with Gasteiger partial charge in [-0.05, 0) is 43.2 Å². The SMILES string of the molecule is CN1C(=O)C(C)(C)c2cc(-c3csc(NC(=O)/C=C/c4cccc([N+](=O)[O-])c4)n3)ccc21. The lowest BCUT2D eigenvalue weighted by atomic mass is 9.85. The van der Waals surface area contributed by atoms with Crippen LogP contribution in [0.2, 0.25) is 0 Å². The van der Waals surface area contributed by atoms with Gasteiger partial charge in [0.25, 0.3) is 5.69 Å². The molecule has 1 N–H and O–H groups in total. The first-order valence-electron chi connectivity index (χ1n) is 9.79. The number of aromatic nitrogens is 1. The minimum absolute atomic E-state index is 0.0393. The molecule has 1 aliphatic rings. The number of anilines is 2. The van der Waals surface area contributed by atoms with E-state index in [0.717, 1.165) is 16.8 Å². The summed E-state index contributed by atoms with van der Waals surface area (Å²) in [5.74, 6) is -0.342. The lowest BCUT2D eigenvalue weighted by Gasteiger charge is -2.16. The van der Waals surface area contributed by atoms with Gasteiger partial charge in [-0.15, -0.1) is 11.3 Å². The molecule has 0 spiro atoms. The third-order valence-electron chi connectivity index (χ3n) is 5.41. The van der Waals surface area contributed by atoms with Crippen LogP contribution in [0.3, 0.4) is 0 Å². The summed E-state index contributed by atoms with van der Waals surface area (Å²) in [7, 11) is 1.77. The van der Waals surface area contributed by atoms with Crippen molar-refractivity contribution in [3.8, 4) is 11.3 Å². The smallest absolute Gasteiger partial charge is 0.270 e. The van der Waals surface area contributed by atoms with Gasteiger partial charge in [-0.2, -0.15) is 0 Å². The summed E-state index contributed by atoms with van der Waals surface area (Å²) >= 11 is 1.29. The second-order valence-corrected chi connectivity index (χ2v) is 8.79. The quantitative estimate of drug-likeness (QED) is 0.348. The summed E-state index contributed by atoms with van der Waals surface area (Å²) in [4.78, 5) is 41.3. The number of carbonyl (C=O) groups is 2. The Labute approximate surface area is 188 Å². The third kappa shape index (κ3) is 3.90. The van der Waals surface area contributed by atoms with E-state index in [1.54, 1.807) is 24.1 Å². The molecule has 0 atom stereocenters. The van der Waals surface area contributed by atoms with Crippen LogP contribution in [-0.2, 0) is 15.0 Å². The van der Waals surface area contributed by atoms with Gasteiger partial charge in [-0.1, -0.05) is 18.2 Å². The lowest BCUT2D eigenvalue weighted by Crippen LogP contribution is -2.33. The molecule has 0 fully saturated rings. The molecule has 1 aromatic heterocycles. The van der Waals surface area contributed by atoms with Gasteiger partial charge < -0.3 is 4.90 Å². The average Bonchev–Trinajstić information content (AvgIpc) is 3.30. The number of nitro groups is 1. The molecule has 162 valence electrons. The molecular weight excluding hydrogens is 428 g/mol. The highest BCUT2D eigenvalue weighted by atomic mass is 32.1. The van der Waals surface area contributed by atoms with Crippen molar-refractivity contribution in [3.05, 3.63) is 75.2 Å². The van der Waals surface area contributed by atoms with E-state index in [-0.39, 0.29) is 17.5 Å². The average molecular weight is 449 g/mol. The number of non-ortho nitro benzene ring substituents is 1. The number of amides is 2. The van der Waals surface area contributed by atoms with Crippen LogP contribution in [0.5, 0.6) is 0 Å². The third-order valence-corrected chi connectivity index (χ3v) is 6.17. The van der Waals surface area contributed by atoms with Crippen molar-refractivity contribution in [3.63, 3.8) is 0 Å². The summed E-state index contributed by atoms with van der Waals surface area (Å²) in [6.07, 6.45) is 2.81. The Balaban J connectivity index is 1.49. The number of nitro benzene ring substituents is 1. The molecule has 4 rings (SSSR count). The van der Waals surface area contributed by atoms with Crippen LogP contribution in [0.25, 0.3) is 17.3 Å². The number of hydrogen-bond acceptors (Lipinski definition) is 6. The highest BCUT2D eigenvalue weighted by molar-refractivity contribution is 7.14. The molecule has 8 nitrogen and oxygen atoms in total. The Morgan fingerprint density at radius 3 is 2.78 bits per heavy atom. The van der Waals surface area contributed by atoms with Crippen LogP contribution in [0.4, 0.5) is 16.5 Å². The van der Waals surface area contributed by atoms with Gasteiger partial charge in [0.2, 0.25) is 11.8 Å². The molecule has 3 aromatic rings. The number of hydrogen-bond donors (Lipinski definition) is 1. The van der Waals surface area contributed by atoms with Crippen molar-refractivity contribution in [2.24, 2.45) is 0 Å². The number of fused-ring (bicyclic) bond motifs is 1. The zero-order valence-corrected chi connectivity index (χ0v) is 18.5. The standard InChI is InChI=1S/C23H20N4O4S/c1-23(2)17-12-15(8-9-19(17)26(3)21(23)29)18-13-32-22(24-18)25-20(28)10-7-14-5-4-6-16(11-14)27(30)31/h4-13H,1-3H3,(H,24,25,28)/b10-7+. The summed E-state index contributed by atoms with van der Waals surface area (Å²) < 4.78 is 0. The number of benzene rings is 2. The number of likely N-dealkylation sites (N-methyl/N-ethyl adjacent to an activating group) is 1. The van der Waals surface area contributed by atoms with Gasteiger partial charge >= 0.3 is 0 Å². The number of thiazole rings is 1. The van der Waals surface area contributed by atoms with Crippen LogP contribution in [0, 0.1) is 10.1 Å². The molecule has 9 heteroatoms. The van der Waals surface area contributed by atoms with E-state index in [1.165, 1.54) is 35.6 Å². The van der Waals surface area contributed by atoms with Crippen molar-refractivity contribution >= 4 is 45.7 Å². The highest BCUT2D eigenvalue weighted by Gasteiger charge is 2.42. The van der Waals surface area contributed by atoms with Crippen molar-refractivity contribution in [2.75, 3.05) is 17.3 Å². The second-order valence-electron chi connectivity index (χ2n) is 7.93. The van der Waals surface area contributed by atoms with Crippen molar-refractivity contribution < 1.29 is 14.5 Å². The minimum Gasteiger partial charge on any atom is -0.314 e. The number of nitrogens with zero attached hydrogens (tertiary/aromatic N) is 3. The maximum atomic E-state index is 12.5. The van der Waals surface area contributed by atoms with E-state index in [9.17, 15) is 19.7 Å². The first-order valence-corrected chi connectivity index (χ1v) is 10.7. The van der Waals surface area contributed by atoms with Crippen LogP contribution < -0.4 is 10.2 Å². The molecule has 0 aliphatic carbocycles. The summed E-state index contributed by atoms with van der Waals surface area (Å²) in [6, 6.07) is 11.8. The van der Waals surface area contributed by atoms with E-state index in [0.29, 0.717) is 16.4 Å². The van der Waals surface area contributed by atoms with Gasteiger partial charge in [-0.3, -0.25) is 25.0 Å². The zero-order valence-electron chi connectivity index (χ0n) is 17.7. The van der Waals surface area contributed by atoms with E-state index in [4.69, 9.17) is 0 Å². The van der Waals surface area contributed by atoms with Gasteiger partial charge in [-0.25, -0.2) is 4.98 Å². The fourth-order valence-electron chi connectivity index (χ4n) is 3.66. The maximum absolute atomic E-state index is 12.5. The topological polar surface area (TPSA) is 105 Å². The van der Waals surface area contributed by atoms with Crippen molar-refractivity contribution in [1.82, 2.24) is 4.98 Å². The predicted octanol–water partition coefficient (Wildman–Crippen LogP) is 4.62. The first-order chi connectivity index (χ1) is 15.2. The largest absolute Gasteiger partial charge is 0.314 e. The van der Waals surface area contributed by atoms with Gasteiger partial charge in [0.1, 0.15) is 0 Å². The summed E-state index contributed by atoms with van der Waals surface area (Å²) in [5, 5.41) is 15.8. The zero-order chi connectivity index (χ0) is 23.0. The fourth-order valence-corrected chi connectivity index (χ4v) is 4.38. The molecular formula is C23H20N4O4S. The van der Waals surface area contributed by atoms with Crippen LogP contribution in [0.1, 0.15) is 25.0 Å². The summed E-state index contributed by atoms with van der Waals surface area (Å²) in [5.41, 5.74) is 3.30. The Bertz CT molecular complexity index is 1280. The van der Waals surface area contributed by atoms with Gasteiger partial charge in [0, 0.05) is 41.9 Å². The normalized spacial score (nSPS) is 14.6. The highest BCUT2D eigenvalue weighted by Crippen LogP contribution is 2.42. The fraction of sp³-hybridized carbons (Fsp3) is 0.174. The van der Waals surface area contributed by atoms with E-state index >= 15 is 0 Å². The van der Waals surface area contributed by atoms with Crippen LogP contribution in [-0.4, -0.2) is 28.8 Å². The maximum Gasteiger partial charge on any atom is 0.270 e. The summed E-state index contributed by atoms with van der Waals surface area (Å²) in [6.45, 7) is 3.81. The molecule has 0 saturated heterocycles. The molecule has 0 bridgehead atoms.